The molecule has 3 N–H and O–H groups in total. The fraction of sp³-hybridized carbons (Fsp3) is 0.378. The molecule has 1 fully saturated rings. The van der Waals surface area contributed by atoms with Crippen molar-refractivity contribution in [1.29, 1.82) is 0 Å². The number of hydrogen-bond acceptors (Lipinski definition) is 9. The molecule has 0 radical (unpaired) electrons. The molecular formula is C37H40ClN7O5S. The Morgan fingerprint density at radius 2 is 1.75 bits per heavy atom. The van der Waals surface area contributed by atoms with E-state index in [0.717, 1.165) is 58.1 Å². The van der Waals surface area contributed by atoms with Crippen molar-refractivity contribution in [3.05, 3.63) is 92.3 Å². The second-order valence-corrected chi connectivity index (χ2v) is 14.4. The van der Waals surface area contributed by atoms with Crippen molar-refractivity contribution in [2.24, 2.45) is 4.99 Å². The highest BCUT2D eigenvalue weighted by atomic mass is 35.5. The van der Waals surface area contributed by atoms with Crippen LogP contribution in [-0.4, -0.2) is 63.8 Å². The Hall–Kier alpha value is -4.88. The fourth-order valence-corrected chi connectivity index (χ4v) is 7.64. The molecule has 2 aliphatic heterocycles. The topological polar surface area (TPSA) is 157 Å². The summed E-state index contributed by atoms with van der Waals surface area (Å²) in [7, 11) is 0. The average Bonchev–Trinajstić information content (AvgIpc) is 3.59. The number of carbonyl (C=O) groups is 4. The van der Waals surface area contributed by atoms with Gasteiger partial charge in [-0.2, -0.15) is 0 Å². The number of thiophene rings is 1. The standard InChI is InChI=1S/C37H40ClN7O5S/c1-21-22(2)51-37-33(21)34(24-10-12-26(38)13-11-24)41-29(35-44-43-23(3)45(35)37)19-31(47)39-16-5-4-6-17-40-32(48)20-50-27-9-7-8-25(18-27)28-14-15-30(46)42-36(28)49/h7-13,18,28-29H,4-6,14-17,19-20H2,1-3H3,(H,39,47)(H,40,48)(H,42,46,49). The number of fused-ring (bicyclic) bond motifs is 3. The molecule has 12 nitrogen and oxygen atoms in total. The van der Waals surface area contributed by atoms with Crippen molar-refractivity contribution in [3.8, 4) is 10.8 Å². The number of halogens is 1. The van der Waals surface area contributed by atoms with Crippen LogP contribution in [0.3, 0.4) is 0 Å². The zero-order chi connectivity index (χ0) is 36.1. The maximum absolute atomic E-state index is 13.2. The number of ether oxygens (including phenoxy) is 1. The Morgan fingerprint density at radius 3 is 2.49 bits per heavy atom. The molecule has 2 unspecified atom stereocenters. The van der Waals surface area contributed by atoms with Crippen LogP contribution in [0.4, 0.5) is 0 Å². The number of hydrogen-bond donors (Lipinski definition) is 3. The van der Waals surface area contributed by atoms with Crippen molar-refractivity contribution in [2.75, 3.05) is 19.7 Å². The smallest absolute Gasteiger partial charge is 0.257 e. The van der Waals surface area contributed by atoms with Gasteiger partial charge in [-0.25, -0.2) is 0 Å². The van der Waals surface area contributed by atoms with Crippen LogP contribution >= 0.6 is 22.9 Å². The minimum Gasteiger partial charge on any atom is -0.484 e. The van der Waals surface area contributed by atoms with Gasteiger partial charge < -0.3 is 15.4 Å². The van der Waals surface area contributed by atoms with Gasteiger partial charge in [0.05, 0.1) is 18.1 Å². The molecule has 51 heavy (non-hydrogen) atoms. The first-order valence-corrected chi connectivity index (χ1v) is 18.2. The summed E-state index contributed by atoms with van der Waals surface area (Å²) in [5, 5.41) is 18.7. The van der Waals surface area contributed by atoms with Gasteiger partial charge in [-0.3, -0.25) is 34.1 Å². The number of carbonyl (C=O) groups excluding carboxylic acids is 4. The third kappa shape index (κ3) is 8.37. The third-order valence-corrected chi connectivity index (χ3v) is 10.5. The number of rotatable bonds is 13. The van der Waals surface area contributed by atoms with E-state index in [4.69, 9.17) is 21.3 Å². The van der Waals surface area contributed by atoms with Crippen LogP contribution in [-0.2, 0) is 19.2 Å². The lowest BCUT2D eigenvalue weighted by atomic mass is 9.90. The lowest BCUT2D eigenvalue weighted by Crippen LogP contribution is -2.39. The van der Waals surface area contributed by atoms with Gasteiger partial charge in [0.2, 0.25) is 17.7 Å². The first-order chi connectivity index (χ1) is 24.6. The van der Waals surface area contributed by atoms with E-state index in [2.05, 4.69) is 40.0 Å². The molecule has 0 aliphatic carbocycles. The second kappa shape index (κ2) is 16.0. The fourth-order valence-electron chi connectivity index (χ4n) is 6.30. The van der Waals surface area contributed by atoms with Crippen molar-refractivity contribution < 1.29 is 23.9 Å². The summed E-state index contributed by atoms with van der Waals surface area (Å²) in [6.45, 7) is 6.92. The minimum atomic E-state index is -0.534. The number of unbranched alkanes of at least 4 members (excludes halogenated alkanes) is 2. The number of nitrogens with one attached hydrogen (secondary N) is 3. The molecule has 4 aromatic rings. The number of imide groups is 1. The Kier molecular flexibility index (Phi) is 11.3. The molecule has 4 heterocycles. The minimum absolute atomic E-state index is 0.120. The van der Waals surface area contributed by atoms with E-state index < -0.39 is 12.0 Å². The molecule has 2 aromatic carbocycles. The summed E-state index contributed by atoms with van der Waals surface area (Å²) >= 11 is 7.87. The van der Waals surface area contributed by atoms with Gasteiger partial charge in [0.15, 0.2) is 12.4 Å². The Labute approximate surface area is 305 Å². The zero-order valence-electron chi connectivity index (χ0n) is 28.8. The zero-order valence-corrected chi connectivity index (χ0v) is 30.3. The van der Waals surface area contributed by atoms with E-state index in [9.17, 15) is 19.2 Å². The van der Waals surface area contributed by atoms with E-state index in [0.29, 0.717) is 42.5 Å². The first-order valence-electron chi connectivity index (χ1n) is 17.0. The first kappa shape index (κ1) is 35.9. The number of aliphatic imine (C=N–C) groups is 1. The van der Waals surface area contributed by atoms with Crippen LogP contribution in [0.1, 0.15) is 89.3 Å². The van der Waals surface area contributed by atoms with Crippen LogP contribution in [0.5, 0.6) is 5.75 Å². The molecule has 1 saturated heterocycles. The van der Waals surface area contributed by atoms with Crippen LogP contribution in [0, 0.1) is 20.8 Å². The Bertz CT molecular complexity index is 1990. The van der Waals surface area contributed by atoms with E-state index in [1.807, 2.05) is 41.8 Å². The van der Waals surface area contributed by atoms with E-state index >= 15 is 0 Å². The van der Waals surface area contributed by atoms with Crippen molar-refractivity contribution in [3.63, 3.8) is 0 Å². The summed E-state index contributed by atoms with van der Waals surface area (Å²) in [6.07, 6.45) is 3.16. The number of amides is 4. The SMILES string of the molecule is Cc1sc2c(c1C)C(c1ccc(Cl)cc1)=NC(CC(=O)NCCCCCNC(=O)COc1cccc(C3CCC(=O)NC3=O)c1)c1nnc(C)n1-2. The molecule has 266 valence electrons. The van der Waals surface area contributed by atoms with Crippen LogP contribution in [0.25, 0.3) is 5.00 Å². The Balaban J connectivity index is 0.962. The van der Waals surface area contributed by atoms with E-state index in [-0.39, 0.29) is 36.7 Å². The van der Waals surface area contributed by atoms with Gasteiger partial charge in [-0.1, -0.05) is 35.9 Å². The lowest BCUT2D eigenvalue weighted by Gasteiger charge is -2.21. The quantitative estimate of drug-likeness (QED) is 0.126. The highest BCUT2D eigenvalue weighted by molar-refractivity contribution is 7.15. The van der Waals surface area contributed by atoms with Gasteiger partial charge in [-0.05, 0) is 81.8 Å². The number of benzene rings is 2. The number of nitrogens with zero attached hydrogens (tertiary/aromatic N) is 4. The largest absolute Gasteiger partial charge is 0.484 e. The molecule has 0 spiro atoms. The van der Waals surface area contributed by atoms with Crippen molar-refractivity contribution in [2.45, 2.75) is 71.3 Å². The van der Waals surface area contributed by atoms with Gasteiger partial charge in [0.25, 0.3) is 5.91 Å². The van der Waals surface area contributed by atoms with E-state index in [1.54, 1.807) is 29.5 Å². The maximum Gasteiger partial charge on any atom is 0.257 e. The summed E-state index contributed by atoms with van der Waals surface area (Å²) in [4.78, 5) is 55.6. The monoisotopic (exact) mass is 729 g/mol. The normalized spacial score (nSPS) is 16.7. The van der Waals surface area contributed by atoms with Gasteiger partial charge in [0.1, 0.15) is 22.6 Å². The van der Waals surface area contributed by atoms with Crippen LogP contribution in [0.2, 0.25) is 5.02 Å². The lowest BCUT2D eigenvalue weighted by molar-refractivity contribution is -0.134. The maximum atomic E-state index is 13.2. The van der Waals surface area contributed by atoms with Gasteiger partial charge in [-0.15, -0.1) is 21.5 Å². The Morgan fingerprint density at radius 1 is 1.00 bits per heavy atom. The highest BCUT2D eigenvalue weighted by Gasteiger charge is 2.32. The summed E-state index contributed by atoms with van der Waals surface area (Å²) in [5.41, 5.74) is 4.62. The van der Waals surface area contributed by atoms with Crippen molar-refractivity contribution in [1.82, 2.24) is 30.7 Å². The van der Waals surface area contributed by atoms with Crippen LogP contribution in [0.15, 0.2) is 53.5 Å². The molecule has 2 atom stereocenters. The molecule has 2 aromatic heterocycles. The number of aryl methyl sites for hydroxylation is 2. The number of piperidine rings is 1. The summed E-state index contributed by atoms with van der Waals surface area (Å²) in [6, 6.07) is 14.1. The van der Waals surface area contributed by atoms with E-state index in [1.165, 1.54) is 4.88 Å². The van der Waals surface area contributed by atoms with Crippen LogP contribution < -0.4 is 20.7 Å². The highest BCUT2D eigenvalue weighted by Crippen LogP contribution is 2.39. The molecular weight excluding hydrogens is 690 g/mol. The van der Waals surface area contributed by atoms with Crippen molar-refractivity contribution >= 4 is 52.3 Å². The molecule has 14 heteroatoms. The number of aromatic nitrogens is 3. The molecule has 4 amide bonds. The average molecular weight is 730 g/mol. The summed E-state index contributed by atoms with van der Waals surface area (Å²) in [5.74, 6) is 0.476. The molecule has 2 aliphatic rings. The predicted molar refractivity (Wildman–Crippen MR) is 195 cm³/mol. The summed E-state index contributed by atoms with van der Waals surface area (Å²) < 4.78 is 7.68. The second-order valence-electron chi connectivity index (χ2n) is 12.7. The predicted octanol–water partition coefficient (Wildman–Crippen LogP) is 5.19. The molecule has 0 bridgehead atoms. The van der Waals surface area contributed by atoms with Gasteiger partial charge >= 0.3 is 0 Å². The third-order valence-electron chi connectivity index (χ3n) is 9.10. The van der Waals surface area contributed by atoms with Gasteiger partial charge in [0, 0.05) is 40.5 Å². The molecule has 0 saturated carbocycles. The molecule has 6 rings (SSSR count).